The Hall–Kier alpha value is -1.67. The summed E-state index contributed by atoms with van der Waals surface area (Å²) in [4.78, 5) is 36.5. The van der Waals surface area contributed by atoms with Gasteiger partial charge in [-0.25, -0.2) is 4.79 Å². The number of β-lactam (4-membered cyclic amide) rings is 1. The highest BCUT2D eigenvalue weighted by Gasteiger charge is 2.60. The molecule has 0 spiro atoms. The highest BCUT2D eigenvalue weighted by molar-refractivity contribution is 8.04. The number of thioether (sulfide) groups is 1. The SMILES string of the molecule is C[C@@H](O)[C@H]1C(=O)N2C(C(=O)O)=C(SC3CN(S(=O)(=O)NCC(N)=O)C3)[C@H](C)[C@H]12. The van der Waals surface area contributed by atoms with E-state index in [2.05, 4.69) is 4.72 Å². The molecule has 0 saturated carbocycles. The quantitative estimate of drug-likeness (QED) is 0.314. The number of hydrogen-bond donors (Lipinski definition) is 4. The van der Waals surface area contributed by atoms with E-state index in [1.807, 2.05) is 0 Å². The molecule has 3 heterocycles. The molecule has 0 aliphatic carbocycles. The summed E-state index contributed by atoms with van der Waals surface area (Å²) in [5.41, 5.74) is 4.84. The minimum Gasteiger partial charge on any atom is -0.477 e. The predicted octanol–water partition coefficient (Wildman–Crippen LogP) is -2.12. The molecule has 0 aromatic carbocycles. The number of rotatable bonds is 8. The second-order valence-electron chi connectivity index (χ2n) is 7.12. The van der Waals surface area contributed by atoms with Gasteiger partial charge in [0.2, 0.25) is 11.8 Å². The van der Waals surface area contributed by atoms with Crippen molar-refractivity contribution in [3.8, 4) is 0 Å². The summed E-state index contributed by atoms with van der Waals surface area (Å²) in [6.07, 6.45) is -0.878. The van der Waals surface area contributed by atoms with Gasteiger partial charge in [0, 0.05) is 29.2 Å². The van der Waals surface area contributed by atoms with E-state index < -0.39 is 52.6 Å². The van der Waals surface area contributed by atoms with E-state index in [0.717, 1.165) is 4.31 Å². The molecule has 0 bridgehead atoms. The Balaban J connectivity index is 1.69. The molecule has 11 nitrogen and oxygen atoms in total. The van der Waals surface area contributed by atoms with Crippen LogP contribution in [0.3, 0.4) is 0 Å². The topological polar surface area (TPSA) is 170 Å². The Kier molecular flexibility index (Phi) is 5.49. The van der Waals surface area contributed by atoms with Crippen LogP contribution in [0, 0.1) is 11.8 Å². The standard InChI is InChI=1S/C15H22N4O7S2/c1-6-11-10(7(2)20)14(22)19(11)12(15(23)24)13(6)27-8-4-18(5-8)28(25,26)17-3-9(16)21/h6-8,10-11,17,20H,3-5H2,1-2H3,(H2,16,21)(H,23,24)/t6-,7-,10-,11-/m1/s1. The first-order valence-electron chi connectivity index (χ1n) is 8.64. The summed E-state index contributed by atoms with van der Waals surface area (Å²) in [6.45, 7) is 3.09. The number of carbonyl (C=O) groups is 3. The summed E-state index contributed by atoms with van der Waals surface area (Å²) >= 11 is 1.24. The molecule has 0 aromatic heterocycles. The van der Waals surface area contributed by atoms with Crippen molar-refractivity contribution in [3.63, 3.8) is 0 Å². The van der Waals surface area contributed by atoms with E-state index >= 15 is 0 Å². The van der Waals surface area contributed by atoms with Gasteiger partial charge in [0.1, 0.15) is 5.70 Å². The third-order valence-electron chi connectivity index (χ3n) is 5.19. The number of nitrogens with zero attached hydrogens (tertiary/aromatic N) is 2. The van der Waals surface area contributed by atoms with Gasteiger partial charge in [0.15, 0.2) is 0 Å². The van der Waals surface area contributed by atoms with Gasteiger partial charge in [-0.2, -0.15) is 17.4 Å². The van der Waals surface area contributed by atoms with Crippen LogP contribution in [-0.2, 0) is 24.6 Å². The van der Waals surface area contributed by atoms with E-state index in [9.17, 15) is 33.0 Å². The van der Waals surface area contributed by atoms with Crippen LogP contribution in [-0.4, -0.2) is 82.6 Å². The number of carboxylic acid groups (broad SMARTS) is 1. The summed E-state index contributed by atoms with van der Waals surface area (Å²) < 4.78 is 27.3. The molecule has 0 radical (unpaired) electrons. The second-order valence-corrected chi connectivity index (χ2v) is 10.2. The smallest absolute Gasteiger partial charge is 0.353 e. The van der Waals surface area contributed by atoms with Crippen LogP contribution in [0.25, 0.3) is 0 Å². The lowest BCUT2D eigenvalue weighted by Crippen LogP contribution is -2.63. The lowest BCUT2D eigenvalue weighted by molar-refractivity contribution is -0.163. The van der Waals surface area contributed by atoms with Gasteiger partial charge >= 0.3 is 5.97 Å². The minimum atomic E-state index is -3.83. The predicted molar refractivity (Wildman–Crippen MR) is 98.7 cm³/mol. The summed E-state index contributed by atoms with van der Waals surface area (Å²) in [7, 11) is -3.83. The highest BCUT2D eigenvalue weighted by atomic mass is 32.2. The molecular formula is C15H22N4O7S2. The third kappa shape index (κ3) is 3.41. The van der Waals surface area contributed by atoms with E-state index in [0.29, 0.717) is 4.91 Å². The Morgan fingerprint density at radius 2 is 2.00 bits per heavy atom. The molecule has 3 aliphatic heterocycles. The Morgan fingerprint density at radius 3 is 2.50 bits per heavy atom. The average Bonchev–Trinajstić information content (AvgIpc) is 2.77. The van der Waals surface area contributed by atoms with Crippen molar-refractivity contribution in [2.75, 3.05) is 19.6 Å². The molecule has 2 saturated heterocycles. The van der Waals surface area contributed by atoms with Crippen LogP contribution < -0.4 is 10.5 Å². The zero-order valence-electron chi connectivity index (χ0n) is 15.2. The number of primary amides is 1. The van der Waals surface area contributed by atoms with Gasteiger partial charge in [-0.15, -0.1) is 11.8 Å². The monoisotopic (exact) mass is 434 g/mol. The lowest BCUT2D eigenvalue weighted by atomic mass is 9.79. The summed E-state index contributed by atoms with van der Waals surface area (Å²) in [5.74, 6) is -3.34. The summed E-state index contributed by atoms with van der Waals surface area (Å²) in [5, 5.41) is 19.2. The van der Waals surface area contributed by atoms with Crippen molar-refractivity contribution in [3.05, 3.63) is 10.6 Å². The number of carboxylic acids is 1. The van der Waals surface area contributed by atoms with Crippen molar-refractivity contribution in [1.82, 2.24) is 13.9 Å². The van der Waals surface area contributed by atoms with Crippen LogP contribution >= 0.6 is 11.8 Å². The fourth-order valence-corrected chi connectivity index (χ4v) is 6.75. The maximum atomic E-state index is 12.3. The van der Waals surface area contributed by atoms with Gasteiger partial charge in [-0.05, 0) is 6.92 Å². The van der Waals surface area contributed by atoms with E-state index in [1.54, 1.807) is 6.92 Å². The maximum absolute atomic E-state index is 12.3. The fourth-order valence-electron chi connectivity index (χ4n) is 3.78. The van der Waals surface area contributed by atoms with Gasteiger partial charge in [0.05, 0.1) is 24.6 Å². The largest absolute Gasteiger partial charge is 0.477 e. The molecule has 0 aromatic rings. The number of amides is 2. The van der Waals surface area contributed by atoms with E-state index in [4.69, 9.17) is 5.73 Å². The Morgan fingerprint density at radius 1 is 1.39 bits per heavy atom. The average molecular weight is 434 g/mol. The number of fused-ring (bicyclic) bond motifs is 1. The zero-order valence-corrected chi connectivity index (χ0v) is 16.9. The second kappa shape index (κ2) is 7.30. The number of aliphatic carboxylic acids is 1. The van der Waals surface area contributed by atoms with Crippen LogP contribution in [0.15, 0.2) is 10.6 Å². The van der Waals surface area contributed by atoms with Crippen LogP contribution in [0.4, 0.5) is 0 Å². The fraction of sp³-hybridized carbons (Fsp3) is 0.667. The van der Waals surface area contributed by atoms with Crippen LogP contribution in [0.5, 0.6) is 0 Å². The zero-order chi connectivity index (χ0) is 21.0. The molecule has 13 heteroatoms. The molecule has 3 rings (SSSR count). The molecule has 2 amide bonds. The number of nitrogens with two attached hydrogens (primary N) is 1. The lowest BCUT2D eigenvalue weighted by Gasteiger charge is -2.46. The third-order valence-corrected chi connectivity index (χ3v) is 8.13. The van der Waals surface area contributed by atoms with Crippen LogP contribution in [0.2, 0.25) is 0 Å². The first-order valence-corrected chi connectivity index (χ1v) is 11.0. The molecule has 3 aliphatic rings. The van der Waals surface area contributed by atoms with Crippen LogP contribution in [0.1, 0.15) is 13.8 Å². The number of carbonyl (C=O) groups excluding carboxylic acids is 2. The summed E-state index contributed by atoms with van der Waals surface area (Å²) in [6, 6.07) is -0.404. The van der Waals surface area contributed by atoms with Crippen molar-refractivity contribution in [2.24, 2.45) is 17.6 Å². The first kappa shape index (κ1) is 21.0. The molecule has 4 atom stereocenters. The molecule has 28 heavy (non-hydrogen) atoms. The molecule has 2 fully saturated rings. The van der Waals surface area contributed by atoms with Crippen molar-refractivity contribution >= 4 is 39.8 Å². The van der Waals surface area contributed by atoms with Gasteiger partial charge in [-0.3, -0.25) is 9.59 Å². The van der Waals surface area contributed by atoms with Gasteiger partial charge < -0.3 is 20.8 Å². The molecule has 0 unspecified atom stereocenters. The van der Waals surface area contributed by atoms with Gasteiger partial charge in [0.25, 0.3) is 10.2 Å². The molecule has 156 valence electrons. The van der Waals surface area contributed by atoms with Crippen molar-refractivity contribution in [1.29, 1.82) is 0 Å². The van der Waals surface area contributed by atoms with Crippen molar-refractivity contribution in [2.45, 2.75) is 31.2 Å². The normalized spacial score (nSPS) is 29.3. The number of aliphatic hydroxyl groups is 1. The van der Waals surface area contributed by atoms with E-state index in [1.165, 1.54) is 23.6 Å². The molecular weight excluding hydrogens is 412 g/mol. The van der Waals surface area contributed by atoms with E-state index in [-0.39, 0.29) is 30.0 Å². The number of aliphatic hydroxyl groups excluding tert-OH is 1. The highest BCUT2D eigenvalue weighted by Crippen LogP contribution is 2.51. The first-order chi connectivity index (χ1) is 13.0. The Bertz CT molecular complexity index is 850. The minimum absolute atomic E-state index is 0.0856. The van der Waals surface area contributed by atoms with Crippen molar-refractivity contribution < 1.29 is 33.0 Å². The van der Waals surface area contributed by atoms with Gasteiger partial charge in [-0.1, -0.05) is 6.92 Å². The Labute approximate surface area is 166 Å². The number of hydrogen-bond acceptors (Lipinski definition) is 7. The maximum Gasteiger partial charge on any atom is 0.353 e. The molecule has 5 N–H and O–H groups in total. The number of nitrogens with one attached hydrogen (secondary N) is 1.